The summed E-state index contributed by atoms with van der Waals surface area (Å²) in [5.41, 5.74) is 0.937. The van der Waals surface area contributed by atoms with E-state index in [0.717, 1.165) is 5.06 Å². The lowest BCUT2D eigenvalue weighted by molar-refractivity contribution is -0.136. The molecule has 5 nitrogen and oxygen atoms in total. The number of hydrogen-bond acceptors (Lipinski definition) is 3. The van der Waals surface area contributed by atoms with E-state index in [9.17, 15) is 9.59 Å². The number of carboxylic acid groups (broad SMARTS) is 1. The molecule has 0 saturated carbocycles. The Labute approximate surface area is 142 Å². The number of halogens is 2. The highest BCUT2D eigenvalue weighted by Gasteiger charge is 2.18. The van der Waals surface area contributed by atoms with Gasteiger partial charge in [-0.1, -0.05) is 23.7 Å². The van der Waals surface area contributed by atoms with Gasteiger partial charge < -0.3 is 9.94 Å². The van der Waals surface area contributed by atoms with Gasteiger partial charge in [-0.15, -0.1) is 16.7 Å². The molecule has 0 fully saturated rings. The quantitative estimate of drug-likeness (QED) is 0.637. The Morgan fingerprint density at radius 2 is 1.83 bits per heavy atom. The van der Waals surface area contributed by atoms with Crippen molar-refractivity contribution < 1.29 is 19.5 Å². The molecular formula is C16H13Cl2NO4. The van der Waals surface area contributed by atoms with Crippen LogP contribution < -0.4 is 9.90 Å². The zero-order valence-electron chi connectivity index (χ0n) is 11.9. The standard InChI is InChI=1S/C16H13Cl2NO4/c17-10-15(20)19(23-14-6-4-12(18)5-7-14)13-3-1-2-11(8-13)9-16(21)22/h1-8H,9-10H2,(H,21,22). The van der Waals surface area contributed by atoms with Gasteiger partial charge in [0.05, 0.1) is 12.1 Å². The fourth-order valence-electron chi connectivity index (χ4n) is 1.87. The Bertz CT molecular complexity index is 703. The van der Waals surface area contributed by atoms with Gasteiger partial charge in [-0.2, -0.15) is 0 Å². The van der Waals surface area contributed by atoms with E-state index in [4.69, 9.17) is 33.1 Å². The largest absolute Gasteiger partial charge is 0.481 e. The second-order valence-electron chi connectivity index (χ2n) is 4.61. The van der Waals surface area contributed by atoms with Gasteiger partial charge in [0.25, 0.3) is 5.91 Å². The Morgan fingerprint density at radius 3 is 2.43 bits per heavy atom. The number of hydroxylamine groups is 1. The molecule has 0 radical (unpaired) electrons. The molecule has 120 valence electrons. The topological polar surface area (TPSA) is 66.8 Å². The first kappa shape index (κ1) is 17.1. The summed E-state index contributed by atoms with van der Waals surface area (Å²) in [6.45, 7) is 0. The summed E-state index contributed by atoms with van der Waals surface area (Å²) in [6.07, 6.45) is -0.155. The van der Waals surface area contributed by atoms with Crippen molar-refractivity contribution in [2.24, 2.45) is 0 Å². The molecule has 0 aliphatic rings. The SMILES string of the molecule is O=C(O)Cc1cccc(N(Oc2ccc(Cl)cc2)C(=O)CCl)c1. The molecule has 2 aromatic carbocycles. The summed E-state index contributed by atoms with van der Waals surface area (Å²) >= 11 is 11.4. The van der Waals surface area contributed by atoms with E-state index in [2.05, 4.69) is 0 Å². The third kappa shape index (κ3) is 4.87. The fourth-order valence-corrected chi connectivity index (χ4v) is 2.10. The lowest BCUT2D eigenvalue weighted by atomic mass is 10.1. The first-order valence-electron chi connectivity index (χ1n) is 6.63. The molecule has 0 aromatic heterocycles. The molecule has 0 aliphatic carbocycles. The van der Waals surface area contributed by atoms with Crippen LogP contribution in [0.2, 0.25) is 5.02 Å². The molecule has 1 amide bonds. The van der Waals surface area contributed by atoms with Crippen LogP contribution in [0.25, 0.3) is 0 Å². The van der Waals surface area contributed by atoms with Crippen LogP contribution in [0.15, 0.2) is 48.5 Å². The number of nitrogens with zero attached hydrogens (tertiary/aromatic N) is 1. The average Bonchev–Trinajstić information content (AvgIpc) is 2.53. The van der Waals surface area contributed by atoms with E-state index < -0.39 is 11.9 Å². The van der Waals surface area contributed by atoms with E-state index in [1.54, 1.807) is 48.5 Å². The van der Waals surface area contributed by atoms with E-state index in [-0.39, 0.29) is 12.3 Å². The zero-order chi connectivity index (χ0) is 16.8. The third-order valence-electron chi connectivity index (χ3n) is 2.85. The maximum absolute atomic E-state index is 12.0. The molecule has 7 heteroatoms. The highest BCUT2D eigenvalue weighted by atomic mass is 35.5. The number of amides is 1. The van der Waals surface area contributed by atoms with Crippen molar-refractivity contribution >= 4 is 40.8 Å². The van der Waals surface area contributed by atoms with E-state index in [1.807, 2.05) is 0 Å². The molecule has 2 aromatic rings. The Hall–Kier alpha value is -2.24. The first-order chi connectivity index (χ1) is 11.0. The van der Waals surface area contributed by atoms with Crippen molar-refractivity contribution in [2.45, 2.75) is 6.42 Å². The number of carboxylic acids is 1. The van der Waals surface area contributed by atoms with E-state index >= 15 is 0 Å². The maximum Gasteiger partial charge on any atom is 0.307 e. The van der Waals surface area contributed by atoms with Crippen molar-refractivity contribution in [2.75, 3.05) is 10.9 Å². The van der Waals surface area contributed by atoms with E-state index in [0.29, 0.717) is 22.0 Å². The lowest BCUT2D eigenvalue weighted by Crippen LogP contribution is -2.35. The molecule has 0 heterocycles. The molecule has 23 heavy (non-hydrogen) atoms. The summed E-state index contributed by atoms with van der Waals surface area (Å²) in [7, 11) is 0. The summed E-state index contributed by atoms with van der Waals surface area (Å²) < 4.78 is 0. The molecule has 2 rings (SSSR count). The number of hydrogen-bond donors (Lipinski definition) is 1. The monoisotopic (exact) mass is 353 g/mol. The third-order valence-corrected chi connectivity index (χ3v) is 3.33. The Kier molecular flexibility index (Phi) is 5.84. The van der Waals surface area contributed by atoms with E-state index in [1.165, 1.54) is 0 Å². The van der Waals surface area contributed by atoms with Crippen LogP contribution in [0.5, 0.6) is 5.75 Å². The second-order valence-corrected chi connectivity index (χ2v) is 5.31. The first-order valence-corrected chi connectivity index (χ1v) is 7.54. The molecular weight excluding hydrogens is 341 g/mol. The van der Waals surface area contributed by atoms with Gasteiger partial charge in [-0.3, -0.25) is 9.59 Å². The van der Waals surface area contributed by atoms with Crippen molar-refractivity contribution in [3.05, 3.63) is 59.1 Å². The molecule has 0 unspecified atom stereocenters. The molecule has 0 spiro atoms. The van der Waals surface area contributed by atoms with Gasteiger partial charge in [-0.05, 0) is 42.0 Å². The highest BCUT2D eigenvalue weighted by molar-refractivity contribution is 6.30. The van der Waals surface area contributed by atoms with Gasteiger partial charge in [0.1, 0.15) is 5.88 Å². The number of rotatable bonds is 6. The van der Waals surface area contributed by atoms with Crippen LogP contribution in [0.3, 0.4) is 0 Å². The van der Waals surface area contributed by atoms with Gasteiger partial charge in [0.15, 0.2) is 5.75 Å². The number of anilines is 1. The average molecular weight is 354 g/mol. The number of alkyl halides is 1. The van der Waals surface area contributed by atoms with Gasteiger partial charge >= 0.3 is 5.97 Å². The normalized spacial score (nSPS) is 10.2. The molecule has 1 N–H and O–H groups in total. The van der Waals surface area contributed by atoms with Crippen LogP contribution in [0, 0.1) is 0 Å². The lowest BCUT2D eigenvalue weighted by Gasteiger charge is -2.22. The second kappa shape index (κ2) is 7.85. The summed E-state index contributed by atoms with van der Waals surface area (Å²) in [5, 5.41) is 10.4. The Balaban J connectivity index is 2.29. The highest BCUT2D eigenvalue weighted by Crippen LogP contribution is 2.22. The maximum atomic E-state index is 12.0. The minimum absolute atomic E-state index is 0.155. The van der Waals surface area contributed by atoms with Crippen LogP contribution in [-0.2, 0) is 16.0 Å². The predicted molar refractivity (Wildman–Crippen MR) is 88.1 cm³/mol. The molecule has 0 saturated heterocycles. The van der Waals surface area contributed by atoms with Crippen LogP contribution in [-0.4, -0.2) is 22.9 Å². The predicted octanol–water partition coefficient (Wildman–Crippen LogP) is 3.53. The van der Waals surface area contributed by atoms with Gasteiger partial charge in [0, 0.05) is 5.02 Å². The van der Waals surface area contributed by atoms with Gasteiger partial charge in [0.2, 0.25) is 0 Å². The van der Waals surface area contributed by atoms with Crippen LogP contribution in [0.1, 0.15) is 5.56 Å². The van der Waals surface area contributed by atoms with Crippen LogP contribution >= 0.6 is 23.2 Å². The fraction of sp³-hybridized carbons (Fsp3) is 0.125. The smallest absolute Gasteiger partial charge is 0.307 e. The molecule has 0 atom stereocenters. The Morgan fingerprint density at radius 1 is 1.13 bits per heavy atom. The minimum atomic E-state index is -0.962. The number of benzene rings is 2. The van der Waals surface area contributed by atoms with Crippen molar-refractivity contribution in [3.8, 4) is 5.75 Å². The van der Waals surface area contributed by atoms with Crippen LogP contribution in [0.4, 0.5) is 5.69 Å². The van der Waals surface area contributed by atoms with Crippen molar-refractivity contribution in [1.82, 2.24) is 0 Å². The van der Waals surface area contributed by atoms with Crippen molar-refractivity contribution in [3.63, 3.8) is 0 Å². The minimum Gasteiger partial charge on any atom is -0.481 e. The summed E-state index contributed by atoms with van der Waals surface area (Å²) in [6, 6.07) is 13.0. The molecule has 0 aliphatic heterocycles. The zero-order valence-corrected chi connectivity index (χ0v) is 13.4. The summed E-state index contributed by atoms with van der Waals surface area (Å²) in [4.78, 5) is 28.4. The van der Waals surface area contributed by atoms with Gasteiger partial charge in [-0.25, -0.2) is 0 Å². The summed E-state index contributed by atoms with van der Waals surface area (Å²) in [5.74, 6) is -1.32. The number of carbonyl (C=O) groups is 2. The number of carbonyl (C=O) groups excluding carboxylic acids is 1. The number of aliphatic carboxylic acids is 1. The van der Waals surface area contributed by atoms with Crippen molar-refractivity contribution in [1.29, 1.82) is 0 Å². The molecule has 0 bridgehead atoms.